The Morgan fingerprint density at radius 3 is 2.53 bits per heavy atom. The monoisotopic (exact) mass is 478 g/mol. The molecule has 6 nitrogen and oxygen atoms in total. The fraction of sp³-hybridized carbons (Fsp3) is 0.481. The van der Waals surface area contributed by atoms with Crippen molar-refractivity contribution in [3.8, 4) is 5.75 Å². The Morgan fingerprint density at radius 2 is 1.79 bits per heavy atom. The molecule has 0 unspecified atom stereocenters. The number of nitrogens with zero attached hydrogens (tertiary/aromatic N) is 4. The van der Waals surface area contributed by atoms with Gasteiger partial charge in [0, 0.05) is 50.9 Å². The number of amides is 1. The normalized spacial score (nSPS) is 17.4. The number of fused-ring (bicyclic) bond motifs is 1. The van der Waals surface area contributed by atoms with E-state index in [4.69, 9.17) is 9.72 Å². The largest absolute Gasteiger partial charge is 0.494 e. The highest BCUT2D eigenvalue weighted by Gasteiger charge is 2.31. The van der Waals surface area contributed by atoms with Crippen LogP contribution in [0.3, 0.4) is 0 Å². The second-order valence-electron chi connectivity index (χ2n) is 9.35. The maximum atomic E-state index is 13.3. The zero-order valence-corrected chi connectivity index (χ0v) is 21.2. The van der Waals surface area contributed by atoms with Gasteiger partial charge >= 0.3 is 0 Å². The summed E-state index contributed by atoms with van der Waals surface area (Å²) in [7, 11) is 0. The zero-order valence-electron chi connectivity index (χ0n) is 20.4. The second-order valence-corrected chi connectivity index (χ2v) is 10.4. The van der Waals surface area contributed by atoms with Crippen LogP contribution in [0.4, 0.5) is 10.8 Å². The predicted octanol–water partition coefficient (Wildman–Crippen LogP) is 4.88. The number of rotatable bonds is 5. The molecular formula is C27H34N4O2S. The average molecular weight is 479 g/mol. The zero-order chi connectivity index (χ0) is 23.7. The maximum Gasteiger partial charge on any atom is 0.225 e. The van der Waals surface area contributed by atoms with Gasteiger partial charge in [-0.25, -0.2) is 4.98 Å². The van der Waals surface area contributed by atoms with Crippen molar-refractivity contribution in [2.45, 2.75) is 33.6 Å². The van der Waals surface area contributed by atoms with Gasteiger partial charge in [0.05, 0.1) is 16.8 Å². The van der Waals surface area contributed by atoms with Crippen LogP contribution >= 0.6 is 11.3 Å². The van der Waals surface area contributed by atoms with Crippen LogP contribution in [0.15, 0.2) is 36.4 Å². The number of carbonyl (C=O) groups excluding carboxylic acids is 1. The molecule has 180 valence electrons. The van der Waals surface area contributed by atoms with Gasteiger partial charge in [0.1, 0.15) is 5.75 Å². The topological polar surface area (TPSA) is 48.9 Å². The summed E-state index contributed by atoms with van der Waals surface area (Å²) >= 11 is 1.72. The Bertz CT molecular complexity index is 1160. The predicted molar refractivity (Wildman–Crippen MR) is 140 cm³/mol. The van der Waals surface area contributed by atoms with Gasteiger partial charge in [-0.1, -0.05) is 23.5 Å². The van der Waals surface area contributed by atoms with E-state index >= 15 is 0 Å². The first-order valence-electron chi connectivity index (χ1n) is 12.4. The lowest BCUT2D eigenvalue weighted by atomic mass is 9.95. The maximum absolute atomic E-state index is 13.3. The van der Waals surface area contributed by atoms with E-state index < -0.39 is 0 Å². The Morgan fingerprint density at radius 1 is 1.03 bits per heavy atom. The number of hydrogen-bond donors (Lipinski definition) is 0. The first-order valence-corrected chi connectivity index (χ1v) is 13.2. The first-order chi connectivity index (χ1) is 16.5. The van der Waals surface area contributed by atoms with Gasteiger partial charge in [0.25, 0.3) is 0 Å². The van der Waals surface area contributed by atoms with Crippen molar-refractivity contribution in [3.05, 3.63) is 47.5 Å². The van der Waals surface area contributed by atoms with Crippen molar-refractivity contribution < 1.29 is 9.53 Å². The van der Waals surface area contributed by atoms with E-state index in [2.05, 4.69) is 52.8 Å². The molecule has 5 rings (SSSR count). The highest BCUT2D eigenvalue weighted by molar-refractivity contribution is 7.22. The number of ether oxygens (including phenoxy) is 1. The number of thiazole rings is 1. The molecule has 3 aromatic rings. The standard InChI is InChI=1S/C27H34N4O2S/c1-4-33-22-8-9-23-25(18-22)34-27(28-23)31-12-10-21(11-13-31)26(32)30-16-14-29(15-17-30)24-7-5-6-19(2)20(24)3/h5-9,18,21H,4,10-17H2,1-3H3. The third kappa shape index (κ3) is 4.58. The molecule has 2 fully saturated rings. The van der Waals surface area contributed by atoms with Crippen LogP contribution in [-0.4, -0.2) is 61.7 Å². The average Bonchev–Trinajstić information content (AvgIpc) is 3.29. The van der Waals surface area contributed by atoms with Gasteiger partial charge < -0.3 is 19.4 Å². The summed E-state index contributed by atoms with van der Waals surface area (Å²) in [6.07, 6.45) is 1.80. The lowest BCUT2D eigenvalue weighted by Gasteiger charge is -2.39. The van der Waals surface area contributed by atoms with Crippen LogP contribution in [0.2, 0.25) is 0 Å². The van der Waals surface area contributed by atoms with Crippen molar-refractivity contribution in [1.82, 2.24) is 9.88 Å². The Hall–Kier alpha value is -2.80. The van der Waals surface area contributed by atoms with Gasteiger partial charge in [-0.3, -0.25) is 4.79 Å². The molecule has 2 saturated heterocycles. The molecule has 0 bridgehead atoms. The number of piperidine rings is 1. The van der Waals surface area contributed by atoms with E-state index in [1.54, 1.807) is 11.3 Å². The molecule has 3 heterocycles. The van der Waals surface area contributed by atoms with E-state index in [0.29, 0.717) is 12.5 Å². The fourth-order valence-electron chi connectivity index (χ4n) is 5.11. The fourth-order valence-corrected chi connectivity index (χ4v) is 6.15. The highest BCUT2D eigenvalue weighted by Crippen LogP contribution is 2.34. The lowest BCUT2D eigenvalue weighted by molar-refractivity contribution is -0.136. The first kappa shape index (κ1) is 23.0. The van der Waals surface area contributed by atoms with Crippen LogP contribution in [0, 0.1) is 19.8 Å². The van der Waals surface area contributed by atoms with Crippen LogP contribution in [0.25, 0.3) is 10.2 Å². The number of aromatic nitrogens is 1. The minimum Gasteiger partial charge on any atom is -0.494 e. The van der Waals surface area contributed by atoms with Crippen molar-refractivity contribution in [3.63, 3.8) is 0 Å². The second kappa shape index (κ2) is 9.82. The molecule has 0 aliphatic carbocycles. The quantitative estimate of drug-likeness (QED) is 0.523. The number of aryl methyl sites for hydroxylation is 1. The number of hydrogen-bond acceptors (Lipinski definition) is 6. The number of benzene rings is 2. The van der Waals surface area contributed by atoms with E-state index in [1.165, 1.54) is 16.8 Å². The molecule has 2 aromatic carbocycles. The summed E-state index contributed by atoms with van der Waals surface area (Å²) in [6.45, 7) is 12.2. The molecule has 1 amide bonds. The lowest BCUT2D eigenvalue weighted by Crippen LogP contribution is -2.51. The van der Waals surface area contributed by atoms with Crippen LogP contribution < -0.4 is 14.5 Å². The Labute approximate surface area is 206 Å². The summed E-state index contributed by atoms with van der Waals surface area (Å²) in [6, 6.07) is 12.6. The van der Waals surface area contributed by atoms with Crippen molar-refractivity contribution in [2.24, 2.45) is 5.92 Å². The van der Waals surface area contributed by atoms with Gasteiger partial charge in [-0.2, -0.15) is 0 Å². The minimum absolute atomic E-state index is 0.127. The van der Waals surface area contributed by atoms with E-state index in [-0.39, 0.29) is 5.92 Å². The van der Waals surface area contributed by atoms with E-state index in [0.717, 1.165) is 73.2 Å². The van der Waals surface area contributed by atoms with Crippen LogP contribution in [0.1, 0.15) is 30.9 Å². The van der Waals surface area contributed by atoms with Crippen LogP contribution in [0.5, 0.6) is 5.75 Å². The summed E-state index contributed by atoms with van der Waals surface area (Å²) in [4.78, 5) is 25.0. The molecule has 34 heavy (non-hydrogen) atoms. The van der Waals surface area contributed by atoms with E-state index in [1.807, 2.05) is 19.1 Å². The van der Waals surface area contributed by atoms with Crippen molar-refractivity contribution >= 4 is 38.3 Å². The third-order valence-electron chi connectivity index (χ3n) is 7.28. The minimum atomic E-state index is 0.127. The molecule has 0 radical (unpaired) electrons. The summed E-state index contributed by atoms with van der Waals surface area (Å²) in [5, 5.41) is 1.05. The SMILES string of the molecule is CCOc1ccc2nc(N3CCC(C(=O)N4CCN(c5cccc(C)c5C)CC4)CC3)sc2c1. The third-order valence-corrected chi connectivity index (χ3v) is 8.36. The van der Waals surface area contributed by atoms with Gasteiger partial charge in [-0.15, -0.1) is 0 Å². The molecule has 2 aliphatic heterocycles. The summed E-state index contributed by atoms with van der Waals surface area (Å²) in [5.74, 6) is 1.36. The molecular weight excluding hydrogens is 444 g/mol. The molecule has 0 saturated carbocycles. The molecule has 0 atom stereocenters. The number of carbonyl (C=O) groups is 1. The van der Waals surface area contributed by atoms with Gasteiger partial charge in [0.2, 0.25) is 5.91 Å². The van der Waals surface area contributed by atoms with E-state index in [9.17, 15) is 4.79 Å². The van der Waals surface area contributed by atoms with Gasteiger partial charge in [0.15, 0.2) is 5.13 Å². The number of anilines is 2. The molecule has 0 spiro atoms. The highest BCUT2D eigenvalue weighted by atomic mass is 32.1. The molecule has 7 heteroatoms. The molecule has 1 aromatic heterocycles. The van der Waals surface area contributed by atoms with Crippen molar-refractivity contribution in [2.75, 3.05) is 55.7 Å². The smallest absolute Gasteiger partial charge is 0.225 e. The Balaban J connectivity index is 1.16. The number of piperazine rings is 1. The van der Waals surface area contributed by atoms with Crippen LogP contribution in [-0.2, 0) is 4.79 Å². The summed E-state index contributed by atoms with van der Waals surface area (Å²) in [5.41, 5.74) is 5.00. The Kier molecular flexibility index (Phi) is 6.63. The molecule has 2 aliphatic rings. The summed E-state index contributed by atoms with van der Waals surface area (Å²) < 4.78 is 6.78. The molecule has 0 N–H and O–H groups in total. The van der Waals surface area contributed by atoms with Gasteiger partial charge in [-0.05, 0) is 69.0 Å². The van der Waals surface area contributed by atoms with Crippen molar-refractivity contribution in [1.29, 1.82) is 0 Å².